The summed E-state index contributed by atoms with van der Waals surface area (Å²) in [6.07, 6.45) is 3.75. The van der Waals surface area contributed by atoms with Crippen LogP contribution in [-0.4, -0.2) is 14.8 Å². The van der Waals surface area contributed by atoms with Gasteiger partial charge in [0, 0.05) is 25.0 Å². The highest BCUT2D eigenvalue weighted by atomic mass is 15.2. The number of nitrogens with two attached hydrogens (primary N) is 1. The zero-order valence-corrected chi connectivity index (χ0v) is 9.15. The van der Waals surface area contributed by atoms with Crippen LogP contribution < -0.4 is 5.73 Å². The molecular formula is C11H14N4. The number of nitrogens with zero attached hydrogens (tertiary/aromatic N) is 3. The van der Waals surface area contributed by atoms with Crippen molar-refractivity contribution in [3.05, 3.63) is 29.7 Å². The molecule has 0 fully saturated rings. The largest absolute Gasteiger partial charge is 0.397 e. The molecule has 2 aromatic rings. The summed E-state index contributed by atoms with van der Waals surface area (Å²) in [5.74, 6) is 0. The SMILES string of the molecule is Cc1cnc(-c2cn(C)nc2C)c(N)c1. The molecule has 4 nitrogen and oxygen atoms in total. The Morgan fingerprint density at radius 2 is 2.07 bits per heavy atom. The van der Waals surface area contributed by atoms with Gasteiger partial charge in [-0.1, -0.05) is 0 Å². The summed E-state index contributed by atoms with van der Waals surface area (Å²) in [6, 6.07) is 1.93. The molecule has 4 heteroatoms. The first-order valence-corrected chi connectivity index (χ1v) is 4.80. The fourth-order valence-corrected chi connectivity index (χ4v) is 1.65. The molecule has 2 aromatic heterocycles. The van der Waals surface area contributed by atoms with Gasteiger partial charge in [-0.15, -0.1) is 0 Å². The number of pyridine rings is 1. The van der Waals surface area contributed by atoms with Crippen LogP contribution in [0, 0.1) is 13.8 Å². The summed E-state index contributed by atoms with van der Waals surface area (Å²) >= 11 is 0. The Bertz CT molecular complexity index is 499. The number of rotatable bonds is 1. The van der Waals surface area contributed by atoms with Crippen LogP contribution in [0.2, 0.25) is 0 Å². The third-order valence-electron chi connectivity index (χ3n) is 2.32. The number of anilines is 1. The van der Waals surface area contributed by atoms with Crippen LogP contribution in [0.25, 0.3) is 11.3 Å². The van der Waals surface area contributed by atoms with E-state index in [2.05, 4.69) is 10.1 Å². The topological polar surface area (TPSA) is 56.7 Å². The summed E-state index contributed by atoms with van der Waals surface area (Å²) < 4.78 is 1.77. The Kier molecular flexibility index (Phi) is 2.19. The molecule has 0 unspecified atom stereocenters. The van der Waals surface area contributed by atoms with E-state index in [1.165, 1.54) is 0 Å². The van der Waals surface area contributed by atoms with Gasteiger partial charge in [0.05, 0.1) is 17.1 Å². The van der Waals surface area contributed by atoms with Gasteiger partial charge in [0.2, 0.25) is 0 Å². The van der Waals surface area contributed by atoms with Crippen LogP contribution >= 0.6 is 0 Å². The van der Waals surface area contributed by atoms with Gasteiger partial charge < -0.3 is 5.73 Å². The minimum Gasteiger partial charge on any atom is -0.397 e. The zero-order chi connectivity index (χ0) is 11.0. The molecule has 0 aliphatic rings. The van der Waals surface area contributed by atoms with E-state index in [1.54, 1.807) is 4.68 Å². The fourth-order valence-electron chi connectivity index (χ4n) is 1.65. The zero-order valence-electron chi connectivity index (χ0n) is 9.15. The van der Waals surface area contributed by atoms with E-state index in [0.29, 0.717) is 5.69 Å². The summed E-state index contributed by atoms with van der Waals surface area (Å²) in [5.41, 5.74) is 10.5. The van der Waals surface area contributed by atoms with Crippen molar-refractivity contribution in [3.8, 4) is 11.3 Å². The molecular weight excluding hydrogens is 188 g/mol. The highest BCUT2D eigenvalue weighted by molar-refractivity contribution is 5.73. The second-order valence-electron chi connectivity index (χ2n) is 3.75. The van der Waals surface area contributed by atoms with E-state index in [1.807, 2.05) is 39.4 Å². The van der Waals surface area contributed by atoms with E-state index in [0.717, 1.165) is 22.5 Å². The molecule has 2 heterocycles. The Labute approximate surface area is 88.8 Å². The quantitative estimate of drug-likeness (QED) is 0.765. The van der Waals surface area contributed by atoms with Crippen molar-refractivity contribution in [1.29, 1.82) is 0 Å². The number of aromatic nitrogens is 3. The summed E-state index contributed by atoms with van der Waals surface area (Å²) in [7, 11) is 1.89. The molecule has 0 saturated heterocycles. The van der Waals surface area contributed by atoms with E-state index >= 15 is 0 Å². The highest BCUT2D eigenvalue weighted by Crippen LogP contribution is 2.25. The van der Waals surface area contributed by atoms with Crippen LogP contribution in [0.15, 0.2) is 18.5 Å². The summed E-state index contributed by atoms with van der Waals surface area (Å²) in [4.78, 5) is 4.34. The number of nitrogen functional groups attached to an aromatic ring is 1. The maximum atomic E-state index is 5.93. The van der Waals surface area contributed by atoms with Gasteiger partial charge in [0.25, 0.3) is 0 Å². The standard InChI is InChI=1S/C11H14N4/c1-7-4-10(12)11(13-5-7)9-6-15(3)14-8(9)2/h4-6H,12H2,1-3H3. The maximum absolute atomic E-state index is 5.93. The van der Waals surface area contributed by atoms with Gasteiger partial charge in [-0.2, -0.15) is 5.10 Å². The van der Waals surface area contributed by atoms with Crippen molar-refractivity contribution < 1.29 is 0 Å². The molecule has 0 radical (unpaired) electrons. The average molecular weight is 202 g/mol. The molecule has 0 atom stereocenters. The van der Waals surface area contributed by atoms with Crippen LogP contribution in [0.4, 0.5) is 5.69 Å². The van der Waals surface area contributed by atoms with Crippen LogP contribution in [-0.2, 0) is 7.05 Å². The predicted molar refractivity (Wildman–Crippen MR) is 60.3 cm³/mol. The van der Waals surface area contributed by atoms with Crippen molar-refractivity contribution in [2.45, 2.75) is 13.8 Å². The van der Waals surface area contributed by atoms with E-state index in [-0.39, 0.29) is 0 Å². The Balaban J connectivity index is 2.59. The minimum absolute atomic E-state index is 0.700. The Hall–Kier alpha value is -1.84. The molecule has 0 aliphatic heterocycles. The second-order valence-corrected chi connectivity index (χ2v) is 3.75. The molecule has 0 aliphatic carbocycles. The van der Waals surface area contributed by atoms with Gasteiger partial charge in [-0.05, 0) is 25.5 Å². The molecule has 0 bridgehead atoms. The molecule has 0 amide bonds. The molecule has 0 aromatic carbocycles. The second kappa shape index (κ2) is 3.38. The van der Waals surface area contributed by atoms with Gasteiger partial charge in [-0.3, -0.25) is 9.67 Å². The first-order chi connectivity index (χ1) is 7.08. The van der Waals surface area contributed by atoms with E-state index < -0.39 is 0 Å². The third kappa shape index (κ3) is 1.70. The number of hydrogen-bond donors (Lipinski definition) is 1. The third-order valence-corrected chi connectivity index (χ3v) is 2.32. The van der Waals surface area contributed by atoms with Gasteiger partial charge in [0.15, 0.2) is 0 Å². The Morgan fingerprint density at radius 3 is 2.60 bits per heavy atom. The first kappa shape index (κ1) is 9.71. The highest BCUT2D eigenvalue weighted by Gasteiger charge is 2.10. The van der Waals surface area contributed by atoms with Crippen LogP contribution in [0.3, 0.4) is 0 Å². The van der Waals surface area contributed by atoms with Crippen molar-refractivity contribution in [2.75, 3.05) is 5.73 Å². The average Bonchev–Trinajstić information content (AvgIpc) is 2.45. The summed E-state index contributed by atoms with van der Waals surface area (Å²) in [5, 5.41) is 4.27. The molecule has 0 spiro atoms. The molecule has 15 heavy (non-hydrogen) atoms. The molecule has 0 saturated carbocycles. The van der Waals surface area contributed by atoms with Crippen molar-refractivity contribution >= 4 is 5.69 Å². The lowest BCUT2D eigenvalue weighted by molar-refractivity contribution is 0.756. The van der Waals surface area contributed by atoms with Crippen LogP contribution in [0.5, 0.6) is 0 Å². The predicted octanol–water partition coefficient (Wildman–Crippen LogP) is 1.68. The lowest BCUT2D eigenvalue weighted by Crippen LogP contribution is -1.94. The maximum Gasteiger partial charge on any atom is 0.0965 e. The minimum atomic E-state index is 0.700. The molecule has 2 N–H and O–H groups in total. The monoisotopic (exact) mass is 202 g/mol. The lowest BCUT2D eigenvalue weighted by Gasteiger charge is -2.03. The number of aryl methyl sites for hydroxylation is 3. The van der Waals surface area contributed by atoms with Gasteiger partial charge in [0.1, 0.15) is 0 Å². The van der Waals surface area contributed by atoms with Gasteiger partial charge >= 0.3 is 0 Å². The van der Waals surface area contributed by atoms with Crippen LogP contribution in [0.1, 0.15) is 11.3 Å². The number of hydrogen-bond acceptors (Lipinski definition) is 3. The molecule has 2 rings (SSSR count). The molecule has 78 valence electrons. The van der Waals surface area contributed by atoms with E-state index in [9.17, 15) is 0 Å². The van der Waals surface area contributed by atoms with E-state index in [4.69, 9.17) is 5.73 Å². The fraction of sp³-hybridized carbons (Fsp3) is 0.273. The normalized spacial score (nSPS) is 10.6. The van der Waals surface area contributed by atoms with Crippen molar-refractivity contribution in [2.24, 2.45) is 7.05 Å². The van der Waals surface area contributed by atoms with Gasteiger partial charge in [-0.25, -0.2) is 0 Å². The van der Waals surface area contributed by atoms with Crippen molar-refractivity contribution in [3.63, 3.8) is 0 Å². The van der Waals surface area contributed by atoms with Crippen molar-refractivity contribution in [1.82, 2.24) is 14.8 Å². The first-order valence-electron chi connectivity index (χ1n) is 4.80. The summed E-state index contributed by atoms with van der Waals surface area (Å²) in [6.45, 7) is 3.93. The lowest BCUT2D eigenvalue weighted by atomic mass is 10.1. The smallest absolute Gasteiger partial charge is 0.0965 e. The Morgan fingerprint density at radius 1 is 1.33 bits per heavy atom.